The summed E-state index contributed by atoms with van der Waals surface area (Å²) in [5, 5.41) is 8.79. The van der Waals surface area contributed by atoms with E-state index in [9.17, 15) is 9.59 Å². The maximum Gasteiger partial charge on any atom is 0.224 e. The highest BCUT2D eigenvalue weighted by Crippen LogP contribution is 2.25. The highest BCUT2D eigenvalue weighted by molar-refractivity contribution is 5.80. The molecule has 0 bridgehead atoms. The Bertz CT molecular complexity index is 268. The van der Waals surface area contributed by atoms with E-state index in [1.807, 2.05) is 14.0 Å². The quantitative estimate of drug-likeness (QED) is 0.574. The van der Waals surface area contributed by atoms with Crippen molar-refractivity contribution in [1.29, 1.82) is 0 Å². The van der Waals surface area contributed by atoms with Crippen LogP contribution in [0.3, 0.4) is 0 Å². The third kappa shape index (κ3) is 4.34. The number of nitrogens with one attached hydrogen (secondary N) is 3. The molecule has 5 heteroatoms. The van der Waals surface area contributed by atoms with E-state index in [2.05, 4.69) is 16.0 Å². The molecule has 0 unspecified atom stereocenters. The molecule has 2 amide bonds. The van der Waals surface area contributed by atoms with Crippen molar-refractivity contribution in [2.24, 2.45) is 5.92 Å². The summed E-state index contributed by atoms with van der Waals surface area (Å²) in [5.74, 6) is 0.211. The molecule has 0 aromatic rings. The summed E-state index contributed by atoms with van der Waals surface area (Å²) in [6.45, 7) is 2.83. The van der Waals surface area contributed by atoms with Crippen molar-refractivity contribution in [3.05, 3.63) is 0 Å². The molecule has 0 aromatic heterocycles. The third-order valence-corrected chi connectivity index (χ3v) is 3.29. The molecule has 0 radical (unpaired) electrons. The second kappa shape index (κ2) is 7.27. The Hall–Kier alpha value is -1.10. The number of rotatable bonds is 6. The van der Waals surface area contributed by atoms with Gasteiger partial charge < -0.3 is 16.0 Å². The van der Waals surface area contributed by atoms with Crippen LogP contribution in [-0.4, -0.2) is 38.0 Å². The zero-order chi connectivity index (χ0) is 12.7. The Kier molecular flexibility index (Phi) is 5.97. The van der Waals surface area contributed by atoms with Crippen molar-refractivity contribution in [2.45, 2.75) is 38.6 Å². The van der Waals surface area contributed by atoms with E-state index in [0.29, 0.717) is 25.6 Å². The van der Waals surface area contributed by atoms with E-state index in [4.69, 9.17) is 0 Å². The normalized spacial score (nSPS) is 23.4. The van der Waals surface area contributed by atoms with Crippen molar-refractivity contribution in [2.75, 3.05) is 20.1 Å². The first-order chi connectivity index (χ1) is 8.19. The van der Waals surface area contributed by atoms with Crippen LogP contribution in [-0.2, 0) is 9.59 Å². The summed E-state index contributed by atoms with van der Waals surface area (Å²) in [7, 11) is 1.90. The molecule has 3 N–H and O–H groups in total. The molecule has 98 valence electrons. The molecule has 0 spiro atoms. The van der Waals surface area contributed by atoms with Gasteiger partial charge in [-0.1, -0.05) is 13.3 Å². The van der Waals surface area contributed by atoms with Gasteiger partial charge in [0.15, 0.2) is 0 Å². The SMILES string of the molecule is CCC(=O)NCCNC(=O)[C@@H]1CCC[C@@H]1NC. The van der Waals surface area contributed by atoms with E-state index in [1.165, 1.54) is 0 Å². The van der Waals surface area contributed by atoms with Crippen molar-refractivity contribution in [3.63, 3.8) is 0 Å². The largest absolute Gasteiger partial charge is 0.354 e. The molecule has 1 rings (SSSR count). The summed E-state index contributed by atoms with van der Waals surface area (Å²) in [4.78, 5) is 22.8. The van der Waals surface area contributed by atoms with Crippen LogP contribution < -0.4 is 16.0 Å². The maximum atomic E-state index is 11.9. The Labute approximate surface area is 103 Å². The van der Waals surface area contributed by atoms with E-state index in [0.717, 1.165) is 19.3 Å². The molecule has 0 saturated heterocycles. The summed E-state index contributed by atoms with van der Waals surface area (Å²) >= 11 is 0. The Morgan fingerprint density at radius 1 is 1.18 bits per heavy atom. The van der Waals surface area contributed by atoms with Crippen LogP contribution in [0.1, 0.15) is 32.6 Å². The van der Waals surface area contributed by atoms with Crippen LogP contribution in [0.2, 0.25) is 0 Å². The number of amides is 2. The first kappa shape index (κ1) is 14.0. The molecule has 17 heavy (non-hydrogen) atoms. The predicted octanol–water partition coefficient (Wildman–Crippen LogP) is 0.0169. The molecule has 0 heterocycles. The van der Waals surface area contributed by atoms with Gasteiger partial charge in [-0.05, 0) is 19.9 Å². The number of hydrogen-bond acceptors (Lipinski definition) is 3. The summed E-state index contributed by atoms with van der Waals surface area (Å²) in [6.07, 6.45) is 3.62. The molecule has 0 aliphatic heterocycles. The number of carbonyl (C=O) groups excluding carboxylic acids is 2. The zero-order valence-electron chi connectivity index (χ0n) is 10.7. The first-order valence-electron chi connectivity index (χ1n) is 6.40. The van der Waals surface area contributed by atoms with Crippen LogP contribution in [0.5, 0.6) is 0 Å². The smallest absolute Gasteiger partial charge is 0.224 e. The van der Waals surface area contributed by atoms with Crippen LogP contribution in [0.25, 0.3) is 0 Å². The minimum Gasteiger partial charge on any atom is -0.354 e. The van der Waals surface area contributed by atoms with Gasteiger partial charge in [0.25, 0.3) is 0 Å². The fourth-order valence-corrected chi connectivity index (χ4v) is 2.26. The summed E-state index contributed by atoms with van der Waals surface area (Å²) in [5.41, 5.74) is 0. The number of hydrogen-bond donors (Lipinski definition) is 3. The standard InChI is InChI=1S/C12H23N3O2/c1-3-11(16)14-7-8-15-12(17)9-5-4-6-10(9)13-2/h9-10,13H,3-8H2,1-2H3,(H,14,16)(H,15,17)/t9-,10+/m1/s1. The average Bonchev–Trinajstić information content (AvgIpc) is 2.82. The molecule has 5 nitrogen and oxygen atoms in total. The lowest BCUT2D eigenvalue weighted by Crippen LogP contribution is -2.42. The lowest BCUT2D eigenvalue weighted by Gasteiger charge is -2.18. The molecule has 2 atom stereocenters. The van der Waals surface area contributed by atoms with Gasteiger partial charge in [-0.25, -0.2) is 0 Å². The van der Waals surface area contributed by atoms with Crippen LogP contribution >= 0.6 is 0 Å². The van der Waals surface area contributed by atoms with Crippen molar-refractivity contribution in [3.8, 4) is 0 Å². The molecule has 1 aliphatic carbocycles. The van der Waals surface area contributed by atoms with Gasteiger partial charge in [0, 0.05) is 25.6 Å². The Morgan fingerprint density at radius 2 is 1.88 bits per heavy atom. The van der Waals surface area contributed by atoms with E-state index in [1.54, 1.807) is 0 Å². The van der Waals surface area contributed by atoms with Gasteiger partial charge in [-0.3, -0.25) is 9.59 Å². The van der Waals surface area contributed by atoms with Gasteiger partial charge in [-0.15, -0.1) is 0 Å². The van der Waals surface area contributed by atoms with Crippen molar-refractivity contribution in [1.82, 2.24) is 16.0 Å². The Morgan fingerprint density at radius 3 is 2.53 bits per heavy atom. The van der Waals surface area contributed by atoms with Gasteiger partial charge in [0.05, 0.1) is 5.92 Å². The van der Waals surface area contributed by atoms with Crippen LogP contribution in [0.4, 0.5) is 0 Å². The highest BCUT2D eigenvalue weighted by atomic mass is 16.2. The van der Waals surface area contributed by atoms with E-state index in [-0.39, 0.29) is 17.7 Å². The summed E-state index contributed by atoms with van der Waals surface area (Å²) in [6, 6.07) is 0.306. The Balaban J connectivity index is 2.18. The monoisotopic (exact) mass is 241 g/mol. The molecule has 1 fully saturated rings. The van der Waals surface area contributed by atoms with Crippen molar-refractivity contribution >= 4 is 11.8 Å². The highest BCUT2D eigenvalue weighted by Gasteiger charge is 2.31. The first-order valence-corrected chi connectivity index (χ1v) is 6.40. The van der Waals surface area contributed by atoms with E-state index >= 15 is 0 Å². The predicted molar refractivity (Wildman–Crippen MR) is 66.5 cm³/mol. The second-order valence-corrected chi connectivity index (χ2v) is 4.43. The minimum absolute atomic E-state index is 0.0215. The maximum absolute atomic E-state index is 11.9. The second-order valence-electron chi connectivity index (χ2n) is 4.43. The lowest BCUT2D eigenvalue weighted by molar-refractivity contribution is -0.126. The van der Waals surface area contributed by atoms with Gasteiger partial charge >= 0.3 is 0 Å². The lowest BCUT2D eigenvalue weighted by atomic mass is 10.0. The fraction of sp³-hybridized carbons (Fsp3) is 0.833. The number of carbonyl (C=O) groups is 2. The third-order valence-electron chi connectivity index (χ3n) is 3.29. The summed E-state index contributed by atoms with van der Waals surface area (Å²) < 4.78 is 0. The molecule has 1 aliphatic rings. The average molecular weight is 241 g/mol. The van der Waals surface area contributed by atoms with Gasteiger partial charge in [-0.2, -0.15) is 0 Å². The molecular formula is C12H23N3O2. The molecule has 1 saturated carbocycles. The van der Waals surface area contributed by atoms with E-state index < -0.39 is 0 Å². The van der Waals surface area contributed by atoms with Gasteiger partial charge in [0.1, 0.15) is 0 Å². The molecule has 0 aromatic carbocycles. The van der Waals surface area contributed by atoms with Gasteiger partial charge in [0.2, 0.25) is 11.8 Å². The fourth-order valence-electron chi connectivity index (χ4n) is 2.26. The topological polar surface area (TPSA) is 70.2 Å². The molecular weight excluding hydrogens is 218 g/mol. The van der Waals surface area contributed by atoms with Crippen LogP contribution in [0, 0.1) is 5.92 Å². The minimum atomic E-state index is 0.0215. The van der Waals surface area contributed by atoms with Crippen molar-refractivity contribution < 1.29 is 9.59 Å². The van der Waals surface area contributed by atoms with Crippen LogP contribution in [0.15, 0.2) is 0 Å². The zero-order valence-corrected chi connectivity index (χ0v) is 10.7.